The van der Waals surface area contributed by atoms with E-state index in [1.807, 2.05) is 6.92 Å². The zero-order valence-electron chi connectivity index (χ0n) is 18.0. The van der Waals surface area contributed by atoms with E-state index in [0.29, 0.717) is 35.3 Å². The maximum Gasteiger partial charge on any atom is 0.242 e. The molecule has 2 rings (SSSR count). The number of carbonyl (C=O) groups is 2. The number of halogens is 2. The number of carbonyl (C=O) groups excluding carboxylic acids is 2. The van der Waals surface area contributed by atoms with E-state index < -0.39 is 6.04 Å². The van der Waals surface area contributed by atoms with Gasteiger partial charge in [0.2, 0.25) is 11.8 Å². The molecule has 0 aliphatic rings. The van der Waals surface area contributed by atoms with Crippen LogP contribution >= 0.6 is 23.2 Å². The van der Waals surface area contributed by atoms with Gasteiger partial charge in [-0.15, -0.1) is 0 Å². The number of amides is 2. The standard InChI is InChI=1S/C24H30Cl2N2O2/c1-5-27-24(30)17(4)28(15-20-11-12-21(25)14-22(20)26)23(29)13-8-18-6-9-19(10-7-18)16(2)3/h6-7,9-12,14,16-17H,5,8,13,15H2,1-4H3,(H,27,30)/t17-/m1/s1. The number of likely N-dealkylation sites (N-methyl/N-ethyl adjacent to an activating group) is 1. The van der Waals surface area contributed by atoms with Gasteiger partial charge in [0, 0.05) is 29.6 Å². The molecule has 1 atom stereocenters. The van der Waals surface area contributed by atoms with E-state index in [1.54, 1.807) is 30.0 Å². The fourth-order valence-electron chi connectivity index (χ4n) is 3.20. The Kier molecular flexibility index (Phi) is 9.19. The summed E-state index contributed by atoms with van der Waals surface area (Å²) in [6.07, 6.45) is 0.931. The van der Waals surface area contributed by atoms with Gasteiger partial charge in [-0.3, -0.25) is 9.59 Å². The number of nitrogens with zero attached hydrogens (tertiary/aromatic N) is 1. The van der Waals surface area contributed by atoms with Crippen LogP contribution in [0.5, 0.6) is 0 Å². The number of aryl methyl sites for hydroxylation is 1. The molecule has 0 aliphatic carbocycles. The Bertz CT molecular complexity index is 866. The Balaban J connectivity index is 2.15. The third kappa shape index (κ3) is 6.75. The highest BCUT2D eigenvalue weighted by Crippen LogP contribution is 2.24. The fourth-order valence-corrected chi connectivity index (χ4v) is 3.67. The molecule has 30 heavy (non-hydrogen) atoms. The summed E-state index contributed by atoms with van der Waals surface area (Å²) < 4.78 is 0. The minimum Gasteiger partial charge on any atom is -0.355 e. The molecule has 0 aromatic heterocycles. The van der Waals surface area contributed by atoms with Crippen molar-refractivity contribution >= 4 is 35.0 Å². The van der Waals surface area contributed by atoms with Gasteiger partial charge in [-0.25, -0.2) is 0 Å². The van der Waals surface area contributed by atoms with Crippen molar-refractivity contribution in [1.29, 1.82) is 0 Å². The minimum atomic E-state index is -0.604. The molecular weight excluding hydrogens is 419 g/mol. The first kappa shape index (κ1) is 24.2. The van der Waals surface area contributed by atoms with Crippen LogP contribution in [0, 0.1) is 0 Å². The van der Waals surface area contributed by atoms with Crippen LogP contribution in [0.4, 0.5) is 0 Å². The smallest absolute Gasteiger partial charge is 0.242 e. The highest BCUT2D eigenvalue weighted by Gasteiger charge is 2.26. The maximum absolute atomic E-state index is 13.1. The van der Waals surface area contributed by atoms with E-state index in [4.69, 9.17) is 23.2 Å². The van der Waals surface area contributed by atoms with E-state index in [1.165, 1.54) is 5.56 Å². The van der Waals surface area contributed by atoms with Crippen molar-refractivity contribution in [1.82, 2.24) is 10.2 Å². The monoisotopic (exact) mass is 448 g/mol. The van der Waals surface area contributed by atoms with Gasteiger partial charge >= 0.3 is 0 Å². The number of rotatable bonds is 9. The van der Waals surface area contributed by atoms with Crippen LogP contribution in [-0.2, 0) is 22.6 Å². The van der Waals surface area contributed by atoms with Crippen LogP contribution in [0.2, 0.25) is 10.0 Å². The lowest BCUT2D eigenvalue weighted by atomic mass is 10.00. The van der Waals surface area contributed by atoms with Gasteiger partial charge < -0.3 is 10.2 Å². The maximum atomic E-state index is 13.1. The number of hydrogen-bond acceptors (Lipinski definition) is 2. The SMILES string of the molecule is CCNC(=O)[C@@H](C)N(Cc1ccc(Cl)cc1Cl)C(=O)CCc1ccc(C(C)C)cc1. The molecule has 2 aromatic carbocycles. The normalized spacial score (nSPS) is 12.0. The van der Waals surface area contributed by atoms with E-state index in [2.05, 4.69) is 43.4 Å². The lowest BCUT2D eigenvalue weighted by Crippen LogP contribution is -2.47. The first-order valence-electron chi connectivity index (χ1n) is 10.3. The summed E-state index contributed by atoms with van der Waals surface area (Å²) in [6, 6.07) is 12.9. The average molecular weight is 449 g/mol. The zero-order valence-corrected chi connectivity index (χ0v) is 19.6. The zero-order chi connectivity index (χ0) is 22.3. The molecule has 0 unspecified atom stereocenters. The molecule has 0 spiro atoms. The van der Waals surface area contributed by atoms with E-state index in [0.717, 1.165) is 11.1 Å². The Morgan fingerprint density at radius 2 is 1.70 bits per heavy atom. The predicted molar refractivity (Wildman–Crippen MR) is 124 cm³/mol. The topological polar surface area (TPSA) is 49.4 Å². The van der Waals surface area contributed by atoms with Crippen LogP contribution in [0.1, 0.15) is 56.7 Å². The van der Waals surface area contributed by atoms with Gasteiger partial charge in [-0.05, 0) is 55.0 Å². The molecule has 0 fully saturated rings. The molecular formula is C24H30Cl2N2O2. The summed E-state index contributed by atoms with van der Waals surface area (Å²) in [5.74, 6) is 0.197. The molecule has 6 heteroatoms. The van der Waals surface area contributed by atoms with Crippen molar-refractivity contribution in [2.24, 2.45) is 0 Å². The Labute approximate surface area is 189 Å². The van der Waals surface area contributed by atoms with Crippen LogP contribution in [-0.4, -0.2) is 29.3 Å². The number of benzene rings is 2. The second-order valence-electron chi connectivity index (χ2n) is 7.72. The first-order valence-corrected chi connectivity index (χ1v) is 11.1. The second kappa shape index (κ2) is 11.4. The summed E-state index contributed by atoms with van der Waals surface area (Å²) in [4.78, 5) is 27.1. The van der Waals surface area contributed by atoms with Crippen molar-refractivity contribution in [3.05, 3.63) is 69.2 Å². The quantitative estimate of drug-likeness (QED) is 0.542. The van der Waals surface area contributed by atoms with Crippen LogP contribution in [0.15, 0.2) is 42.5 Å². The molecule has 162 valence electrons. The van der Waals surface area contributed by atoms with Crippen molar-refractivity contribution in [3.63, 3.8) is 0 Å². The van der Waals surface area contributed by atoms with Gasteiger partial charge in [0.1, 0.15) is 6.04 Å². The number of nitrogens with one attached hydrogen (secondary N) is 1. The molecule has 1 N–H and O–H groups in total. The molecule has 2 aromatic rings. The first-order chi connectivity index (χ1) is 14.2. The van der Waals surface area contributed by atoms with Crippen molar-refractivity contribution < 1.29 is 9.59 Å². The van der Waals surface area contributed by atoms with Gasteiger partial charge in [0.05, 0.1) is 0 Å². The third-order valence-corrected chi connectivity index (χ3v) is 5.73. The molecule has 0 heterocycles. The molecule has 2 amide bonds. The van der Waals surface area contributed by atoms with Crippen LogP contribution < -0.4 is 5.32 Å². The third-order valence-electron chi connectivity index (χ3n) is 5.15. The molecule has 0 saturated carbocycles. The summed E-state index contributed by atoms with van der Waals surface area (Å²) in [5.41, 5.74) is 3.13. The summed E-state index contributed by atoms with van der Waals surface area (Å²) in [5, 5.41) is 3.80. The van der Waals surface area contributed by atoms with E-state index >= 15 is 0 Å². The van der Waals surface area contributed by atoms with E-state index in [-0.39, 0.29) is 18.4 Å². The lowest BCUT2D eigenvalue weighted by Gasteiger charge is -2.29. The number of hydrogen-bond donors (Lipinski definition) is 1. The Morgan fingerprint density at radius 3 is 2.27 bits per heavy atom. The van der Waals surface area contributed by atoms with Crippen molar-refractivity contribution in [2.45, 2.75) is 59.0 Å². The Morgan fingerprint density at radius 1 is 1.03 bits per heavy atom. The molecule has 0 aliphatic heterocycles. The minimum absolute atomic E-state index is 0.0901. The fraction of sp³-hybridized carbons (Fsp3) is 0.417. The Hall–Kier alpha value is -2.04. The van der Waals surface area contributed by atoms with Gasteiger partial charge in [-0.1, -0.05) is 67.4 Å². The van der Waals surface area contributed by atoms with Gasteiger partial charge in [0.25, 0.3) is 0 Å². The highest BCUT2D eigenvalue weighted by atomic mass is 35.5. The molecule has 0 bridgehead atoms. The lowest BCUT2D eigenvalue weighted by molar-refractivity contribution is -0.140. The summed E-state index contributed by atoms with van der Waals surface area (Å²) in [7, 11) is 0. The summed E-state index contributed by atoms with van der Waals surface area (Å²) in [6.45, 7) is 8.66. The molecule has 0 radical (unpaired) electrons. The molecule has 0 saturated heterocycles. The molecule has 4 nitrogen and oxygen atoms in total. The highest BCUT2D eigenvalue weighted by molar-refractivity contribution is 6.35. The second-order valence-corrected chi connectivity index (χ2v) is 8.57. The predicted octanol–water partition coefficient (Wildman–Crippen LogP) is 5.60. The van der Waals surface area contributed by atoms with Crippen molar-refractivity contribution in [3.8, 4) is 0 Å². The van der Waals surface area contributed by atoms with Gasteiger partial charge in [0.15, 0.2) is 0 Å². The van der Waals surface area contributed by atoms with Crippen LogP contribution in [0.3, 0.4) is 0 Å². The van der Waals surface area contributed by atoms with E-state index in [9.17, 15) is 9.59 Å². The van der Waals surface area contributed by atoms with Crippen molar-refractivity contribution in [2.75, 3.05) is 6.54 Å². The summed E-state index contributed by atoms with van der Waals surface area (Å²) >= 11 is 12.3. The largest absolute Gasteiger partial charge is 0.355 e. The van der Waals surface area contributed by atoms with Crippen LogP contribution in [0.25, 0.3) is 0 Å². The van der Waals surface area contributed by atoms with Gasteiger partial charge in [-0.2, -0.15) is 0 Å². The average Bonchev–Trinajstić information content (AvgIpc) is 2.71.